The third-order valence-corrected chi connectivity index (χ3v) is 2.96. The number of phenols is 1. The number of likely N-dealkylation sites (N-methyl/N-ethyl adjacent to an activating group) is 1. The molecule has 112 valence electrons. The van der Waals surface area contributed by atoms with Gasteiger partial charge in [0.2, 0.25) is 5.91 Å². The van der Waals surface area contributed by atoms with E-state index in [9.17, 15) is 15.0 Å². The van der Waals surface area contributed by atoms with Crippen LogP contribution in [0.2, 0.25) is 0 Å². The van der Waals surface area contributed by atoms with Crippen molar-refractivity contribution in [2.45, 2.75) is 25.9 Å². The minimum absolute atomic E-state index is 0.174. The molecule has 1 atom stereocenters. The van der Waals surface area contributed by atoms with Crippen LogP contribution in [-0.4, -0.2) is 53.8 Å². The van der Waals surface area contributed by atoms with Crippen LogP contribution in [0.4, 0.5) is 0 Å². The number of nitrogens with one attached hydrogen (secondary N) is 1. The number of phenolic OH excluding ortho intramolecular Hbond substituents is 1. The second-order valence-corrected chi connectivity index (χ2v) is 5.81. The van der Waals surface area contributed by atoms with E-state index >= 15 is 0 Å². The average molecular weight is 280 g/mol. The quantitative estimate of drug-likeness (QED) is 0.716. The summed E-state index contributed by atoms with van der Waals surface area (Å²) in [4.78, 5) is 13.7. The molecule has 1 amide bonds. The molecule has 5 nitrogen and oxygen atoms in total. The molecule has 0 heterocycles. The van der Waals surface area contributed by atoms with Gasteiger partial charge in [-0.3, -0.25) is 4.79 Å². The van der Waals surface area contributed by atoms with Gasteiger partial charge in [0, 0.05) is 13.1 Å². The first-order valence-corrected chi connectivity index (χ1v) is 6.62. The molecule has 0 saturated carbocycles. The summed E-state index contributed by atoms with van der Waals surface area (Å²) in [5.41, 5.74) is 0.565. The molecule has 1 aromatic rings. The molecule has 0 bridgehead atoms. The first-order valence-electron chi connectivity index (χ1n) is 6.62. The lowest BCUT2D eigenvalue weighted by Crippen LogP contribution is -2.47. The highest BCUT2D eigenvalue weighted by atomic mass is 16.3. The van der Waals surface area contributed by atoms with E-state index in [4.69, 9.17) is 0 Å². The molecular weight excluding hydrogens is 256 g/mol. The van der Waals surface area contributed by atoms with Gasteiger partial charge in [0.05, 0.1) is 12.0 Å². The van der Waals surface area contributed by atoms with Gasteiger partial charge >= 0.3 is 0 Å². The Hall–Kier alpha value is -1.59. The lowest BCUT2D eigenvalue weighted by atomic mass is 10.1. The fourth-order valence-electron chi connectivity index (χ4n) is 2.04. The summed E-state index contributed by atoms with van der Waals surface area (Å²) in [6.45, 7) is 4.16. The highest BCUT2D eigenvalue weighted by Crippen LogP contribution is 2.17. The van der Waals surface area contributed by atoms with Crippen LogP contribution < -0.4 is 5.32 Å². The number of benzene rings is 1. The Kier molecular flexibility index (Phi) is 5.53. The van der Waals surface area contributed by atoms with Crippen LogP contribution in [0.25, 0.3) is 0 Å². The Morgan fingerprint density at radius 3 is 2.60 bits per heavy atom. The van der Waals surface area contributed by atoms with Gasteiger partial charge < -0.3 is 20.4 Å². The summed E-state index contributed by atoms with van der Waals surface area (Å²) in [6, 6.07) is 5.18. The molecule has 0 aliphatic heterocycles. The topological polar surface area (TPSA) is 72.8 Å². The Morgan fingerprint density at radius 2 is 2.05 bits per heavy atom. The largest absolute Gasteiger partial charge is 0.508 e. The van der Waals surface area contributed by atoms with E-state index in [1.807, 2.05) is 25.1 Å². The van der Waals surface area contributed by atoms with E-state index in [1.54, 1.807) is 26.0 Å². The van der Waals surface area contributed by atoms with E-state index < -0.39 is 5.60 Å². The lowest BCUT2D eigenvalue weighted by Gasteiger charge is -2.27. The van der Waals surface area contributed by atoms with Gasteiger partial charge in [0.25, 0.3) is 0 Å². The zero-order valence-corrected chi connectivity index (χ0v) is 12.6. The van der Waals surface area contributed by atoms with Crippen molar-refractivity contribution in [1.29, 1.82) is 0 Å². The second-order valence-electron chi connectivity index (χ2n) is 5.81. The van der Waals surface area contributed by atoms with Gasteiger partial charge in [0.15, 0.2) is 0 Å². The fraction of sp³-hybridized carbons (Fsp3) is 0.533. The van der Waals surface area contributed by atoms with Crippen molar-refractivity contribution >= 4 is 5.91 Å². The van der Waals surface area contributed by atoms with E-state index in [0.717, 1.165) is 11.1 Å². The van der Waals surface area contributed by atoms with E-state index in [-0.39, 0.29) is 24.6 Å². The molecule has 1 aromatic carbocycles. The van der Waals surface area contributed by atoms with Crippen molar-refractivity contribution in [3.63, 3.8) is 0 Å². The van der Waals surface area contributed by atoms with Crippen LogP contribution >= 0.6 is 0 Å². The number of hydrogen-bond donors (Lipinski definition) is 3. The third-order valence-electron chi connectivity index (χ3n) is 2.96. The summed E-state index contributed by atoms with van der Waals surface area (Å²) in [6.07, 6.45) is 0.186. The number of hydrogen-bond acceptors (Lipinski definition) is 4. The highest BCUT2D eigenvalue weighted by molar-refractivity contribution is 5.78. The van der Waals surface area contributed by atoms with Gasteiger partial charge in [-0.05, 0) is 45.1 Å². The smallest absolute Gasteiger partial charge is 0.224 e. The van der Waals surface area contributed by atoms with Gasteiger partial charge in [-0.2, -0.15) is 0 Å². The minimum atomic E-state index is -0.964. The number of carbonyl (C=O) groups is 1. The second kappa shape index (κ2) is 6.72. The predicted octanol–water partition coefficient (Wildman–Crippen LogP) is 0.672. The van der Waals surface area contributed by atoms with Crippen molar-refractivity contribution in [3.05, 3.63) is 29.3 Å². The third kappa shape index (κ3) is 5.59. The zero-order chi connectivity index (χ0) is 15.3. The molecular formula is C15H24N2O3. The minimum Gasteiger partial charge on any atom is -0.508 e. The maximum absolute atomic E-state index is 11.8. The lowest BCUT2D eigenvalue weighted by molar-refractivity contribution is -0.121. The Labute approximate surface area is 120 Å². The number of nitrogens with zero attached hydrogens (tertiary/aromatic N) is 1. The SMILES string of the molecule is Cc1ccc(CC(=O)NCC(C)(O)CN(C)C)cc1O. The normalized spacial score (nSPS) is 14.1. The summed E-state index contributed by atoms with van der Waals surface area (Å²) in [5.74, 6) is 0.0159. The molecule has 20 heavy (non-hydrogen) atoms. The number of carbonyl (C=O) groups excluding carboxylic acids is 1. The van der Waals surface area contributed by atoms with Crippen LogP contribution in [0.1, 0.15) is 18.1 Å². The van der Waals surface area contributed by atoms with E-state index in [1.165, 1.54) is 0 Å². The van der Waals surface area contributed by atoms with Crippen LogP contribution in [0.3, 0.4) is 0 Å². The Bertz CT molecular complexity index is 470. The molecule has 5 heteroatoms. The number of aryl methyl sites for hydroxylation is 1. The highest BCUT2D eigenvalue weighted by Gasteiger charge is 2.22. The van der Waals surface area contributed by atoms with Gasteiger partial charge in [-0.15, -0.1) is 0 Å². The molecule has 0 saturated heterocycles. The first-order chi connectivity index (χ1) is 9.19. The maximum Gasteiger partial charge on any atom is 0.224 e. The molecule has 0 fully saturated rings. The molecule has 1 unspecified atom stereocenters. The van der Waals surface area contributed by atoms with Crippen LogP contribution in [0.5, 0.6) is 5.75 Å². The molecule has 0 aromatic heterocycles. The van der Waals surface area contributed by atoms with Crippen molar-refractivity contribution in [3.8, 4) is 5.75 Å². The number of amides is 1. The monoisotopic (exact) mass is 280 g/mol. The average Bonchev–Trinajstić information content (AvgIpc) is 2.30. The van der Waals surface area contributed by atoms with Crippen LogP contribution in [0.15, 0.2) is 18.2 Å². The van der Waals surface area contributed by atoms with Crippen molar-refractivity contribution in [2.24, 2.45) is 0 Å². The van der Waals surface area contributed by atoms with E-state index in [0.29, 0.717) is 6.54 Å². The molecule has 1 rings (SSSR count). The van der Waals surface area contributed by atoms with Crippen molar-refractivity contribution in [2.75, 3.05) is 27.2 Å². The van der Waals surface area contributed by atoms with E-state index in [2.05, 4.69) is 5.32 Å². The summed E-state index contributed by atoms with van der Waals surface area (Å²) >= 11 is 0. The number of aliphatic hydroxyl groups is 1. The maximum atomic E-state index is 11.8. The van der Waals surface area contributed by atoms with Crippen LogP contribution in [0, 0.1) is 6.92 Å². The van der Waals surface area contributed by atoms with Crippen molar-refractivity contribution in [1.82, 2.24) is 10.2 Å². The summed E-state index contributed by atoms with van der Waals surface area (Å²) in [5, 5.41) is 22.4. The molecule has 0 spiro atoms. The standard InChI is InChI=1S/C15H24N2O3/c1-11-5-6-12(7-13(11)18)8-14(19)16-9-15(2,20)10-17(3)4/h5-7,18,20H,8-10H2,1-4H3,(H,16,19). The van der Waals surface area contributed by atoms with Crippen molar-refractivity contribution < 1.29 is 15.0 Å². The zero-order valence-electron chi connectivity index (χ0n) is 12.6. The van der Waals surface area contributed by atoms with Gasteiger partial charge in [0.1, 0.15) is 5.75 Å². The first kappa shape index (κ1) is 16.5. The van der Waals surface area contributed by atoms with Crippen LogP contribution in [-0.2, 0) is 11.2 Å². The fourth-order valence-corrected chi connectivity index (χ4v) is 2.04. The number of rotatable bonds is 6. The molecule has 0 aliphatic rings. The molecule has 3 N–H and O–H groups in total. The molecule has 0 radical (unpaired) electrons. The number of aromatic hydroxyl groups is 1. The predicted molar refractivity (Wildman–Crippen MR) is 78.7 cm³/mol. The molecule has 0 aliphatic carbocycles. The summed E-state index contributed by atoms with van der Waals surface area (Å²) in [7, 11) is 3.73. The Balaban J connectivity index is 2.49. The Morgan fingerprint density at radius 1 is 1.40 bits per heavy atom. The van der Waals surface area contributed by atoms with Gasteiger partial charge in [-0.25, -0.2) is 0 Å². The summed E-state index contributed by atoms with van der Waals surface area (Å²) < 4.78 is 0. The van der Waals surface area contributed by atoms with Gasteiger partial charge in [-0.1, -0.05) is 12.1 Å².